The van der Waals surface area contributed by atoms with Crippen molar-refractivity contribution < 1.29 is 18.0 Å². The van der Waals surface area contributed by atoms with Crippen molar-refractivity contribution in [3.8, 4) is 0 Å². The lowest BCUT2D eigenvalue weighted by atomic mass is 10.1. The van der Waals surface area contributed by atoms with Crippen LogP contribution in [0.5, 0.6) is 0 Å². The van der Waals surface area contributed by atoms with Crippen LogP contribution in [-0.2, 0) is 32.6 Å². The molecule has 8 heteroatoms. The number of carbonyl (C=O) groups excluding carboxylic acids is 2. The molecule has 2 aromatic rings. The molecule has 0 spiro atoms. The summed E-state index contributed by atoms with van der Waals surface area (Å²) < 4.78 is 26.3. The monoisotopic (exact) mass is 515 g/mol. The Morgan fingerprint density at radius 2 is 1.64 bits per heavy atom. The molecule has 0 fully saturated rings. The number of aryl methyl sites for hydroxylation is 2. The van der Waals surface area contributed by atoms with Crippen LogP contribution in [0.4, 0.5) is 5.69 Å². The van der Waals surface area contributed by atoms with Crippen molar-refractivity contribution in [2.75, 3.05) is 23.7 Å². The number of rotatable bonds is 13. The minimum Gasteiger partial charge on any atom is -0.354 e. The van der Waals surface area contributed by atoms with Gasteiger partial charge in [-0.3, -0.25) is 13.9 Å². The van der Waals surface area contributed by atoms with Crippen LogP contribution in [0, 0.1) is 12.8 Å². The minimum absolute atomic E-state index is 0.132. The van der Waals surface area contributed by atoms with Gasteiger partial charge in [0.25, 0.3) is 0 Å². The van der Waals surface area contributed by atoms with Crippen LogP contribution < -0.4 is 9.62 Å². The Morgan fingerprint density at radius 3 is 2.19 bits per heavy atom. The summed E-state index contributed by atoms with van der Waals surface area (Å²) in [6.45, 7) is 10.8. The fraction of sp³-hybridized carbons (Fsp3) is 0.500. The molecule has 36 heavy (non-hydrogen) atoms. The van der Waals surface area contributed by atoms with Gasteiger partial charge in [-0.1, -0.05) is 57.2 Å². The van der Waals surface area contributed by atoms with Crippen LogP contribution in [0.1, 0.15) is 57.2 Å². The molecule has 0 saturated heterocycles. The number of anilines is 1. The third kappa shape index (κ3) is 8.66. The van der Waals surface area contributed by atoms with Gasteiger partial charge in [0.05, 0.1) is 11.9 Å². The molecule has 1 N–H and O–H groups in total. The summed E-state index contributed by atoms with van der Waals surface area (Å²) in [6.07, 6.45) is 2.51. The van der Waals surface area contributed by atoms with Crippen LogP contribution >= 0.6 is 0 Å². The summed E-state index contributed by atoms with van der Waals surface area (Å²) in [4.78, 5) is 27.8. The number of nitrogens with zero attached hydrogens (tertiary/aromatic N) is 2. The molecule has 2 aromatic carbocycles. The molecule has 0 heterocycles. The molecule has 0 unspecified atom stereocenters. The summed E-state index contributed by atoms with van der Waals surface area (Å²) in [6, 6.07) is 14.6. The second-order valence-corrected chi connectivity index (χ2v) is 11.6. The average Bonchev–Trinajstić information content (AvgIpc) is 2.83. The Bertz CT molecular complexity index is 1110. The first kappa shape index (κ1) is 29.4. The van der Waals surface area contributed by atoms with Crippen molar-refractivity contribution in [3.63, 3.8) is 0 Å². The van der Waals surface area contributed by atoms with Gasteiger partial charge in [-0.05, 0) is 61.4 Å². The van der Waals surface area contributed by atoms with Crippen molar-refractivity contribution in [1.82, 2.24) is 10.2 Å². The lowest BCUT2D eigenvalue weighted by Gasteiger charge is -2.30. The first-order chi connectivity index (χ1) is 16.9. The Hall–Kier alpha value is -2.87. The van der Waals surface area contributed by atoms with Crippen molar-refractivity contribution in [2.24, 2.45) is 5.92 Å². The maximum Gasteiger partial charge on any atom is 0.242 e. The average molecular weight is 516 g/mol. The van der Waals surface area contributed by atoms with Gasteiger partial charge in [-0.25, -0.2) is 8.42 Å². The maximum atomic E-state index is 13.4. The smallest absolute Gasteiger partial charge is 0.242 e. The zero-order valence-electron chi connectivity index (χ0n) is 22.5. The molecular formula is C28H41N3O4S. The molecular weight excluding hydrogens is 474 g/mol. The van der Waals surface area contributed by atoms with E-state index < -0.39 is 16.1 Å². The topological polar surface area (TPSA) is 86.8 Å². The van der Waals surface area contributed by atoms with Gasteiger partial charge in [-0.2, -0.15) is 0 Å². The van der Waals surface area contributed by atoms with Gasteiger partial charge in [0.2, 0.25) is 21.8 Å². The van der Waals surface area contributed by atoms with Gasteiger partial charge in [0, 0.05) is 26.1 Å². The lowest BCUT2D eigenvalue weighted by Crippen LogP contribution is -2.48. The number of hydrogen-bond acceptors (Lipinski definition) is 4. The van der Waals surface area contributed by atoms with Crippen molar-refractivity contribution in [3.05, 3.63) is 65.2 Å². The van der Waals surface area contributed by atoms with Gasteiger partial charge < -0.3 is 10.2 Å². The third-order valence-electron chi connectivity index (χ3n) is 6.24. The molecule has 2 rings (SSSR count). The Labute approximate surface area is 216 Å². The zero-order valence-corrected chi connectivity index (χ0v) is 23.3. The molecule has 0 saturated carbocycles. The summed E-state index contributed by atoms with van der Waals surface area (Å²) in [5, 5.41) is 2.92. The van der Waals surface area contributed by atoms with Crippen LogP contribution in [0.15, 0.2) is 48.5 Å². The number of carbonyl (C=O) groups is 2. The van der Waals surface area contributed by atoms with Crippen molar-refractivity contribution in [2.45, 2.75) is 66.5 Å². The fourth-order valence-corrected chi connectivity index (χ4v) is 4.87. The van der Waals surface area contributed by atoms with Crippen LogP contribution in [0.3, 0.4) is 0 Å². The van der Waals surface area contributed by atoms with E-state index >= 15 is 0 Å². The zero-order chi connectivity index (χ0) is 26.9. The lowest BCUT2D eigenvalue weighted by molar-refractivity contribution is -0.140. The number of sulfonamides is 1. The highest BCUT2D eigenvalue weighted by Crippen LogP contribution is 2.20. The first-order valence-corrected chi connectivity index (χ1v) is 14.5. The van der Waals surface area contributed by atoms with Crippen molar-refractivity contribution in [1.29, 1.82) is 0 Å². The number of nitrogens with one attached hydrogen (secondary N) is 1. The highest BCUT2D eigenvalue weighted by molar-refractivity contribution is 7.92. The van der Waals surface area contributed by atoms with E-state index in [2.05, 4.69) is 5.32 Å². The molecule has 0 bridgehead atoms. The summed E-state index contributed by atoms with van der Waals surface area (Å²) >= 11 is 0. The van der Waals surface area contributed by atoms with Gasteiger partial charge in [-0.15, -0.1) is 0 Å². The summed E-state index contributed by atoms with van der Waals surface area (Å²) in [5.74, 6) is -0.0744. The number of benzene rings is 2. The van der Waals surface area contributed by atoms with Crippen LogP contribution in [0.2, 0.25) is 0 Å². The van der Waals surface area contributed by atoms with Gasteiger partial charge >= 0.3 is 0 Å². The van der Waals surface area contributed by atoms with E-state index in [1.165, 1.54) is 10.6 Å². The number of amides is 2. The van der Waals surface area contributed by atoms with E-state index in [0.717, 1.165) is 23.1 Å². The molecule has 198 valence electrons. The summed E-state index contributed by atoms with van der Waals surface area (Å²) in [5.41, 5.74) is 3.73. The quantitative estimate of drug-likeness (QED) is 0.431. The SMILES string of the molecule is CCc1ccc(N(CCCC(=O)N(Cc2ccccc2C)[C@@H](C)C(=O)NCC(C)C)S(C)(=O)=O)cc1. The molecule has 0 aliphatic rings. The second kappa shape index (κ2) is 13.4. The van der Waals surface area contributed by atoms with Gasteiger partial charge in [0.15, 0.2) is 0 Å². The normalized spacial score (nSPS) is 12.3. The standard InChI is InChI=1S/C28H41N3O4S/c1-7-24-14-16-26(17-15-24)31(36(6,34)35)18-10-13-27(32)30(20-25-12-9-8-11-22(25)4)23(5)28(33)29-19-21(2)3/h8-9,11-12,14-17,21,23H,7,10,13,18-20H2,1-6H3,(H,29,33)/t23-/m0/s1. The molecule has 2 amide bonds. The minimum atomic E-state index is -3.51. The fourth-order valence-electron chi connectivity index (χ4n) is 3.91. The molecule has 1 atom stereocenters. The van der Waals surface area contributed by atoms with E-state index in [1.807, 2.05) is 64.1 Å². The third-order valence-corrected chi connectivity index (χ3v) is 7.43. The van der Waals surface area contributed by atoms with E-state index in [1.54, 1.807) is 24.0 Å². The number of hydrogen-bond donors (Lipinski definition) is 1. The molecule has 0 aromatic heterocycles. The molecule has 7 nitrogen and oxygen atoms in total. The predicted molar refractivity (Wildman–Crippen MR) is 146 cm³/mol. The van der Waals surface area contributed by atoms with E-state index in [4.69, 9.17) is 0 Å². The molecule has 0 aliphatic carbocycles. The summed E-state index contributed by atoms with van der Waals surface area (Å²) in [7, 11) is -3.51. The van der Waals surface area contributed by atoms with Crippen LogP contribution in [-0.4, -0.2) is 50.5 Å². The van der Waals surface area contributed by atoms with E-state index in [-0.39, 0.29) is 24.8 Å². The Balaban J connectivity index is 2.16. The van der Waals surface area contributed by atoms with Crippen LogP contribution in [0.25, 0.3) is 0 Å². The highest BCUT2D eigenvalue weighted by atomic mass is 32.2. The second-order valence-electron chi connectivity index (χ2n) is 9.72. The molecule has 0 radical (unpaired) electrons. The van der Waals surface area contributed by atoms with E-state index in [0.29, 0.717) is 31.1 Å². The predicted octanol–water partition coefficient (Wildman–Crippen LogP) is 4.29. The highest BCUT2D eigenvalue weighted by Gasteiger charge is 2.27. The van der Waals surface area contributed by atoms with Gasteiger partial charge in [0.1, 0.15) is 6.04 Å². The Morgan fingerprint density at radius 1 is 1.00 bits per heavy atom. The molecule has 0 aliphatic heterocycles. The van der Waals surface area contributed by atoms with E-state index in [9.17, 15) is 18.0 Å². The maximum absolute atomic E-state index is 13.4. The Kier molecular flexibility index (Phi) is 11.0. The first-order valence-electron chi connectivity index (χ1n) is 12.6. The largest absolute Gasteiger partial charge is 0.354 e. The van der Waals surface area contributed by atoms with Crippen molar-refractivity contribution >= 4 is 27.5 Å².